The molecule has 0 aliphatic rings. The van der Waals surface area contributed by atoms with Crippen molar-refractivity contribution in [1.29, 1.82) is 5.26 Å². The maximum atomic E-state index is 12.3. The summed E-state index contributed by atoms with van der Waals surface area (Å²) in [6.07, 6.45) is 4.09. The molecule has 6 nitrogen and oxygen atoms in total. The first-order valence-corrected chi connectivity index (χ1v) is 8.02. The van der Waals surface area contributed by atoms with E-state index in [4.69, 9.17) is 5.26 Å². The molecule has 1 aromatic heterocycles. The van der Waals surface area contributed by atoms with Crippen molar-refractivity contribution in [3.8, 4) is 6.07 Å². The highest BCUT2D eigenvalue weighted by atomic mass is 32.2. The number of H-pyrrole nitrogens is 1. The Kier molecular flexibility index (Phi) is 4.73. The minimum atomic E-state index is -3.62. The van der Waals surface area contributed by atoms with Crippen LogP contribution in [0.25, 0.3) is 0 Å². The summed E-state index contributed by atoms with van der Waals surface area (Å²) in [5.41, 5.74) is 0.787. The number of rotatable bonds is 6. The lowest BCUT2D eigenvalue weighted by Crippen LogP contribution is -2.29. The van der Waals surface area contributed by atoms with E-state index in [2.05, 4.69) is 14.7 Å². The first kappa shape index (κ1) is 15.2. The van der Waals surface area contributed by atoms with Crippen molar-refractivity contribution >= 4 is 10.0 Å². The van der Waals surface area contributed by atoms with Gasteiger partial charge in [0.05, 0.1) is 23.4 Å². The van der Waals surface area contributed by atoms with Gasteiger partial charge in [0, 0.05) is 12.4 Å². The largest absolute Gasteiger partial charge is 0.347 e. The molecule has 0 aliphatic heterocycles. The predicted molar refractivity (Wildman–Crippen MR) is 77.7 cm³/mol. The minimum absolute atomic E-state index is 0.175. The van der Waals surface area contributed by atoms with Gasteiger partial charge in [-0.2, -0.15) is 5.26 Å². The summed E-state index contributed by atoms with van der Waals surface area (Å²) in [6, 6.07) is 7.92. The predicted octanol–water partition coefficient (Wildman–Crippen LogP) is 1.91. The number of aromatic nitrogens is 2. The lowest BCUT2D eigenvalue weighted by Gasteiger charge is -2.15. The molecule has 110 valence electrons. The molecular formula is C14H16N4O2S. The van der Waals surface area contributed by atoms with Crippen molar-refractivity contribution in [3.63, 3.8) is 0 Å². The molecule has 0 amide bonds. The average Bonchev–Trinajstić information content (AvgIpc) is 3.00. The highest BCUT2D eigenvalue weighted by Crippen LogP contribution is 2.17. The third-order valence-corrected chi connectivity index (χ3v) is 4.56. The average molecular weight is 304 g/mol. The molecule has 0 aliphatic carbocycles. The quantitative estimate of drug-likeness (QED) is 0.851. The van der Waals surface area contributed by atoms with Gasteiger partial charge in [-0.05, 0) is 24.1 Å². The molecule has 21 heavy (non-hydrogen) atoms. The highest BCUT2D eigenvalue weighted by Gasteiger charge is 2.21. The maximum absolute atomic E-state index is 12.3. The third kappa shape index (κ3) is 3.68. The van der Waals surface area contributed by atoms with Crippen LogP contribution in [0.2, 0.25) is 0 Å². The summed E-state index contributed by atoms with van der Waals surface area (Å²) < 4.78 is 27.3. The molecule has 2 N–H and O–H groups in total. The standard InChI is InChI=1S/C14H16N4O2S/c1-2-13(14-16-9-10-17-14)18-21(19,20)12-5-3-11(4-6-12)7-8-15/h3-6,9-10,13,18H,2,7H2,1H3,(H,16,17). The lowest BCUT2D eigenvalue weighted by molar-refractivity contribution is 0.539. The van der Waals surface area contributed by atoms with Crippen LogP contribution in [0.5, 0.6) is 0 Å². The Bertz CT molecular complexity index is 715. The van der Waals surface area contributed by atoms with Crippen molar-refractivity contribution in [2.45, 2.75) is 30.7 Å². The van der Waals surface area contributed by atoms with E-state index in [0.717, 1.165) is 5.56 Å². The number of benzene rings is 1. The fourth-order valence-electron chi connectivity index (χ4n) is 1.93. The van der Waals surface area contributed by atoms with Crippen molar-refractivity contribution in [1.82, 2.24) is 14.7 Å². The maximum Gasteiger partial charge on any atom is 0.241 e. The molecule has 1 heterocycles. The number of nitrogens with zero attached hydrogens (tertiary/aromatic N) is 2. The molecule has 2 rings (SSSR count). The van der Waals surface area contributed by atoms with Crippen molar-refractivity contribution in [3.05, 3.63) is 48.0 Å². The first-order chi connectivity index (χ1) is 10.1. The van der Waals surface area contributed by atoms with Gasteiger partial charge in [0.25, 0.3) is 0 Å². The van der Waals surface area contributed by atoms with Crippen LogP contribution in [0.4, 0.5) is 0 Å². The Morgan fingerprint density at radius 2 is 2.10 bits per heavy atom. The Balaban J connectivity index is 2.19. The van der Waals surface area contributed by atoms with Crippen LogP contribution in [0.3, 0.4) is 0 Å². The van der Waals surface area contributed by atoms with E-state index in [1.54, 1.807) is 24.5 Å². The number of nitriles is 1. The molecular weight excluding hydrogens is 288 g/mol. The number of aromatic amines is 1. The van der Waals surface area contributed by atoms with Crippen molar-refractivity contribution < 1.29 is 8.42 Å². The number of hydrogen-bond donors (Lipinski definition) is 2. The Labute approximate surface area is 123 Å². The van der Waals surface area contributed by atoms with E-state index in [0.29, 0.717) is 12.2 Å². The molecule has 0 spiro atoms. The summed E-state index contributed by atoms with van der Waals surface area (Å²) in [7, 11) is -3.62. The van der Waals surface area contributed by atoms with Crippen molar-refractivity contribution in [2.24, 2.45) is 0 Å². The monoisotopic (exact) mass is 304 g/mol. The number of nitrogens with one attached hydrogen (secondary N) is 2. The topological polar surface area (TPSA) is 98.6 Å². The summed E-state index contributed by atoms with van der Waals surface area (Å²) in [5.74, 6) is 0.585. The summed E-state index contributed by atoms with van der Waals surface area (Å²) in [6.45, 7) is 1.88. The Morgan fingerprint density at radius 1 is 1.38 bits per heavy atom. The molecule has 1 aromatic carbocycles. The molecule has 0 saturated carbocycles. The summed E-state index contributed by atoms with van der Waals surface area (Å²) in [5, 5.41) is 8.61. The second-order valence-electron chi connectivity index (χ2n) is 4.54. The van der Waals surface area contributed by atoms with Gasteiger partial charge < -0.3 is 4.98 Å². The Morgan fingerprint density at radius 3 is 2.62 bits per heavy atom. The fraction of sp³-hybridized carbons (Fsp3) is 0.286. The highest BCUT2D eigenvalue weighted by molar-refractivity contribution is 7.89. The zero-order chi connectivity index (χ0) is 15.3. The van der Waals surface area contributed by atoms with Gasteiger partial charge in [-0.3, -0.25) is 0 Å². The van der Waals surface area contributed by atoms with E-state index in [1.807, 2.05) is 13.0 Å². The molecule has 1 unspecified atom stereocenters. The van der Waals surface area contributed by atoms with Gasteiger partial charge in [-0.1, -0.05) is 19.1 Å². The second-order valence-corrected chi connectivity index (χ2v) is 6.25. The molecule has 0 bridgehead atoms. The molecule has 0 radical (unpaired) electrons. The smallest absolute Gasteiger partial charge is 0.241 e. The van der Waals surface area contributed by atoms with Gasteiger partial charge in [-0.15, -0.1) is 0 Å². The van der Waals surface area contributed by atoms with E-state index >= 15 is 0 Å². The number of sulfonamides is 1. The van der Waals surface area contributed by atoms with Gasteiger partial charge in [0.15, 0.2) is 0 Å². The van der Waals surface area contributed by atoms with Gasteiger partial charge in [0.1, 0.15) is 5.82 Å². The molecule has 2 aromatic rings. The summed E-state index contributed by atoms with van der Waals surface area (Å²) >= 11 is 0. The lowest BCUT2D eigenvalue weighted by atomic mass is 10.2. The van der Waals surface area contributed by atoms with Crippen molar-refractivity contribution in [2.75, 3.05) is 0 Å². The molecule has 0 fully saturated rings. The van der Waals surface area contributed by atoms with E-state index in [1.165, 1.54) is 12.1 Å². The zero-order valence-corrected chi connectivity index (χ0v) is 12.4. The van der Waals surface area contributed by atoms with E-state index in [9.17, 15) is 8.42 Å². The fourth-order valence-corrected chi connectivity index (χ4v) is 3.22. The van der Waals surface area contributed by atoms with Crippen LogP contribution < -0.4 is 4.72 Å². The van der Waals surface area contributed by atoms with Crippen LogP contribution in [-0.2, 0) is 16.4 Å². The van der Waals surface area contributed by atoms with Crippen LogP contribution >= 0.6 is 0 Å². The van der Waals surface area contributed by atoms with Crippen LogP contribution in [0.15, 0.2) is 41.6 Å². The van der Waals surface area contributed by atoms with E-state index < -0.39 is 16.1 Å². The van der Waals surface area contributed by atoms with Crippen LogP contribution in [0.1, 0.15) is 30.8 Å². The van der Waals surface area contributed by atoms with Crippen LogP contribution in [0, 0.1) is 11.3 Å². The van der Waals surface area contributed by atoms with E-state index in [-0.39, 0.29) is 11.3 Å². The first-order valence-electron chi connectivity index (χ1n) is 6.54. The number of imidazole rings is 1. The minimum Gasteiger partial charge on any atom is -0.347 e. The second kappa shape index (κ2) is 6.52. The SMILES string of the molecule is CCC(NS(=O)(=O)c1ccc(CC#N)cc1)c1ncc[nH]1. The zero-order valence-electron chi connectivity index (χ0n) is 11.6. The normalized spacial score (nSPS) is 12.8. The Hall–Kier alpha value is -2.17. The molecule has 0 saturated heterocycles. The van der Waals surface area contributed by atoms with Crippen LogP contribution in [-0.4, -0.2) is 18.4 Å². The van der Waals surface area contributed by atoms with Gasteiger partial charge in [-0.25, -0.2) is 18.1 Å². The third-order valence-electron chi connectivity index (χ3n) is 3.07. The summed E-state index contributed by atoms with van der Waals surface area (Å²) in [4.78, 5) is 7.17. The number of hydrogen-bond acceptors (Lipinski definition) is 4. The van der Waals surface area contributed by atoms with Gasteiger partial charge >= 0.3 is 0 Å². The molecule has 1 atom stereocenters. The van der Waals surface area contributed by atoms with Gasteiger partial charge in [0.2, 0.25) is 10.0 Å². The molecule has 7 heteroatoms.